The first-order valence-corrected chi connectivity index (χ1v) is 4.34. The molecule has 0 aliphatic rings. The second-order valence-corrected chi connectivity index (χ2v) is 3.22. The van der Waals surface area contributed by atoms with Crippen molar-refractivity contribution in [1.82, 2.24) is 5.32 Å². The lowest BCUT2D eigenvalue weighted by Gasteiger charge is -2.12. The van der Waals surface area contributed by atoms with E-state index in [4.69, 9.17) is 0 Å². The molecular formula is C10H13F2NO. The molecule has 1 rings (SSSR count). The van der Waals surface area contributed by atoms with Crippen molar-refractivity contribution < 1.29 is 13.9 Å². The fourth-order valence-corrected chi connectivity index (χ4v) is 1.30. The predicted molar refractivity (Wildman–Crippen MR) is 50.0 cm³/mol. The van der Waals surface area contributed by atoms with Crippen molar-refractivity contribution in [1.29, 1.82) is 0 Å². The lowest BCUT2D eigenvalue weighted by molar-refractivity contribution is 0.171. The standard InChI is InChI=1S/C10H13F2NO/c1-6-3-7(9(14)5-13-2)10(12)8(11)4-6/h3-4,9,13-14H,5H2,1-2H3. The third kappa shape index (κ3) is 2.27. The maximum Gasteiger partial charge on any atom is 0.164 e. The van der Waals surface area contributed by atoms with Gasteiger partial charge in [-0.2, -0.15) is 0 Å². The SMILES string of the molecule is CNCC(O)c1cc(C)cc(F)c1F. The van der Waals surface area contributed by atoms with E-state index in [-0.39, 0.29) is 12.1 Å². The highest BCUT2D eigenvalue weighted by molar-refractivity contribution is 5.27. The lowest BCUT2D eigenvalue weighted by Crippen LogP contribution is -2.18. The summed E-state index contributed by atoms with van der Waals surface area (Å²) >= 11 is 0. The molecule has 1 aromatic rings. The number of hydrogen-bond acceptors (Lipinski definition) is 2. The molecule has 0 saturated carbocycles. The van der Waals surface area contributed by atoms with Gasteiger partial charge in [-0.05, 0) is 25.6 Å². The minimum atomic E-state index is -1.02. The van der Waals surface area contributed by atoms with Crippen LogP contribution in [0.4, 0.5) is 8.78 Å². The first-order valence-electron chi connectivity index (χ1n) is 4.34. The summed E-state index contributed by atoms with van der Waals surface area (Å²) in [6.07, 6.45) is -1.02. The van der Waals surface area contributed by atoms with Crippen molar-refractivity contribution in [3.05, 3.63) is 34.9 Å². The lowest BCUT2D eigenvalue weighted by atomic mass is 10.1. The molecule has 2 N–H and O–H groups in total. The van der Waals surface area contributed by atoms with Crippen molar-refractivity contribution in [3.8, 4) is 0 Å². The van der Waals surface area contributed by atoms with Gasteiger partial charge < -0.3 is 10.4 Å². The molecule has 4 heteroatoms. The Balaban J connectivity index is 3.07. The molecule has 0 aliphatic heterocycles. The highest BCUT2D eigenvalue weighted by Crippen LogP contribution is 2.20. The molecule has 2 nitrogen and oxygen atoms in total. The van der Waals surface area contributed by atoms with Gasteiger partial charge in [0.15, 0.2) is 11.6 Å². The Bertz CT molecular complexity index is 328. The van der Waals surface area contributed by atoms with Gasteiger partial charge in [-0.3, -0.25) is 0 Å². The fraction of sp³-hybridized carbons (Fsp3) is 0.400. The number of aliphatic hydroxyl groups is 1. The van der Waals surface area contributed by atoms with E-state index >= 15 is 0 Å². The average molecular weight is 201 g/mol. The maximum absolute atomic E-state index is 13.2. The van der Waals surface area contributed by atoms with Gasteiger partial charge in [0.1, 0.15) is 0 Å². The summed E-state index contributed by atoms with van der Waals surface area (Å²) in [5.74, 6) is -1.89. The summed E-state index contributed by atoms with van der Waals surface area (Å²) in [7, 11) is 1.63. The number of halogens is 2. The third-order valence-electron chi connectivity index (χ3n) is 1.96. The Kier molecular flexibility index (Phi) is 3.55. The van der Waals surface area contributed by atoms with Gasteiger partial charge in [0.05, 0.1) is 6.10 Å². The van der Waals surface area contributed by atoms with Gasteiger partial charge in [0, 0.05) is 12.1 Å². The smallest absolute Gasteiger partial charge is 0.164 e. The maximum atomic E-state index is 13.2. The van der Waals surface area contributed by atoms with Crippen molar-refractivity contribution in [2.75, 3.05) is 13.6 Å². The molecule has 1 aromatic carbocycles. The van der Waals surface area contributed by atoms with Gasteiger partial charge in [-0.25, -0.2) is 8.78 Å². The molecule has 78 valence electrons. The zero-order valence-corrected chi connectivity index (χ0v) is 8.14. The van der Waals surface area contributed by atoms with Gasteiger partial charge in [0.25, 0.3) is 0 Å². The molecule has 0 aliphatic carbocycles. The van der Waals surface area contributed by atoms with Gasteiger partial charge in [0.2, 0.25) is 0 Å². The van der Waals surface area contributed by atoms with E-state index in [9.17, 15) is 13.9 Å². The van der Waals surface area contributed by atoms with Crippen LogP contribution < -0.4 is 5.32 Å². The second-order valence-electron chi connectivity index (χ2n) is 3.22. The highest BCUT2D eigenvalue weighted by atomic mass is 19.2. The van der Waals surface area contributed by atoms with Crippen LogP contribution in [0.1, 0.15) is 17.2 Å². The molecule has 1 unspecified atom stereocenters. The molecule has 0 bridgehead atoms. The van der Waals surface area contributed by atoms with Crippen LogP contribution in [-0.2, 0) is 0 Å². The van der Waals surface area contributed by atoms with Gasteiger partial charge in [-0.1, -0.05) is 6.07 Å². The summed E-state index contributed by atoms with van der Waals surface area (Å²) in [6, 6.07) is 2.55. The number of benzene rings is 1. The molecular weight excluding hydrogens is 188 g/mol. The van der Waals surface area contributed by atoms with Crippen LogP contribution in [0, 0.1) is 18.6 Å². The van der Waals surface area contributed by atoms with E-state index in [2.05, 4.69) is 5.32 Å². The molecule has 0 heterocycles. The van der Waals surface area contributed by atoms with Crippen molar-refractivity contribution in [3.63, 3.8) is 0 Å². The summed E-state index contributed by atoms with van der Waals surface area (Å²) in [4.78, 5) is 0. The third-order valence-corrected chi connectivity index (χ3v) is 1.96. The normalized spacial score (nSPS) is 12.9. The average Bonchev–Trinajstić information content (AvgIpc) is 2.11. The number of nitrogens with one attached hydrogen (secondary N) is 1. The summed E-state index contributed by atoms with van der Waals surface area (Å²) in [6.45, 7) is 1.85. The van der Waals surface area contributed by atoms with E-state index in [0.29, 0.717) is 5.56 Å². The van der Waals surface area contributed by atoms with Crippen LogP contribution >= 0.6 is 0 Å². The molecule has 1 atom stereocenters. The van der Waals surface area contributed by atoms with E-state index in [1.807, 2.05) is 0 Å². The van der Waals surface area contributed by atoms with Crippen LogP contribution in [0.3, 0.4) is 0 Å². The van der Waals surface area contributed by atoms with Crippen LogP contribution in [0.15, 0.2) is 12.1 Å². The van der Waals surface area contributed by atoms with E-state index in [0.717, 1.165) is 6.07 Å². The van der Waals surface area contributed by atoms with Crippen molar-refractivity contribution in [2.45, 2.75) is 13.0 Å². The van der Waals surface area contributed by atoms with E-state index < -0.39 is 17.7 Å². The topological polar surface area (TPSA) is 32.3 Å². The summed E-state index contributed by atoms with van der Waals surface area (Å²) in [5, 5.41) is 12.2. The van der Waals surface area contributed by atoms with E-state index in [1.54, 1.807) is 14.0 Å². The molecule has 0 saturated heterocycles. The molecule has 0 radical (unpaired) electrons. The Morgan fingerprint density at radius 2 is 2.07 bits per heavy atom. The van der Waals surface area contributed by atoms with Crippen LogP contribution in [0.2, 0.25) is 0 Å². The van der Waals surface area contributed by atoms with E-state index in [1.165, 1.54) is 6.07 Å². The summed E-state index contributed by atoms with van der Waals surface area (Å²) in [5.41, 5.74) is 0.589. The van der Waals surface area contributed by atoms with Crippen LogP contribution in [0.5, 0.6) is 0 Å². The van der Waals surface area contributed by atoms with Gasteiger partial charge >= 0.3 is 0 Å². The Labute approximate surface area is 81.6 Å². The fourth-order valence-electron chi connectivity index (χ4n) is 1.30. The molecule has 0 spiro atoms. The van der Waals surface area contributed by atoms with Crippen molar-refractivity contribution in [2.24, 2.45) is 0 Å². The molecule has 0 fully saturated rings. The predicted octanol–water partition coefficient (Wildman–Crippen LogP) is 1.53. The zero-order valence-electron chi connectivity index (χ0n) is 8.14. The number of aliphatic hydroxyl groups excluding tert-OH is 1. The molecule has 0 amide bonds. The number of rotatable bonds is 3. The quantitative estimate of drug-likeness (QED) is 0.777. The largest absolute Gasteiger partial charge is 0.387 e. The van der Waals surface area contributed by atoms with Crippen LogP contribution in [0.25, 0.3) is 0 Å². The Hall–Kier alpha value is -1.00. The minimum absolute atomic E-state index is 0.00292. The minimum Gasteiger partial charge on any atom is -0.387 e. The first-order chi connectivity index (χ1) is 6.56. The molecule has 0 aromatic heterocycles. The molecule has 14 heavy (non-hydrogen) atoms. The monoisotopic (exact) mass is 201 g/mol. The number of hydrogen-bond donors (Lipinski definition) is 2. The van der Waals surface area contributed by atoms with Crippen molar-refractivity contribution >= 4 is 0 Å². The summed E-state index contributed by atoms with van der Waals surface area (Å²) < 4.78 is 26.1. The van der Waals surface area contributed by atoms with Gasteiger partial charge in [-0.15, -0.1) is 0 Å². The number of likely N-dealkylation sites (N-methyl/N-ethyl adjacent to an activating group) is 1. The van der Waals surface area contributed by atoms with Crippen LogP contribution in [-0.4, -0.2) is 18.7 Å². The zero-order chi connectivity index (χ0) is 10.7. The highest BCUT2D eigenvalue weighted by Gasteiger charge is 2.15. The number of aryl methyl sites for hydroxylation is 1. The Morgan fingerprint density at radius 1 is 1.43 bits per heavy atom. The second kappa shape index (κ2) is 4.48. The Morgan fingerprint density at radius 3 is 2.64 bits per heavy atom. The first kappa shape index (κ1) is 11.1.